The highest BCUT2D eigenvalue weighted by molar-refractivity contribution is 6.39. The minimum Gasteiger partial charge on any atom is -0.361 e. The van der Waals surface area contributed by atoms with Crippen molar-refractivity contribution in [3.8, 4) is 0 Å². The molecular formula is C21H21Cl2N3O. The van der Waals surface area contributed by atoms with Crippen LogP contribution >= 0.6 is 23.2 Å². The molecule has 0 spiro atoms. The number of benzene rings is 2. The number of carbonyl (C=O) groups excluding carboxylic acids is 1. The molecule has 0 unspecified atom stereocenters. The second kappa shape index (κ2) is 7.93. The zero-order chi connectivity index (χ0) is 18.8. The van der Waals surface area contributed by atoms with Crippen molar-refractivity contribution in [2.75, 3.05) is 25.0 Å². The van der Waals surface area contributed by atoms with Gasteiger partial charge in [-0.15, -0.1) is 0 Å². The summed E-state index contributed by atoms with van der Waals surface area (Å²) in [5.41, 5.74) is 3.06. The number of para-hydroxylation sites is 2. The SMILES string of the molecule is O=C(CN1CCC(c2c[nH]c3ccccc23)CC1)Nc1c(Cl)cccc1Cl. The summed E-state index contributed by atoms with van der Waals surface area (Å²) in [6, 6.07) is 13.6. The van der Waals surface area contributed by atoms with E-state index in [9.17, 15) is 4.79 Å². The second-order valence-electron chi connectivity index (χ2n) is 6.98. The summed E-state index contributed by atoms with van der Waals surface area (Å²) in [5.74, 6) is 0.439. The third-order valence-corrected chi connectivity index (χ3v) is 5.87. The number of aromatic nitrogens is 1. The Morgan fingerprint density at radius 1 is 1.07 bits per heavy atom. The number of hydrogen-bond acceptors (Lipinski definition) is 2. The van der Waals surface area contributed by atoms with E-state index in [4.69, 9.17) is 23.2 Å². The number of fused-ring (bicyclic) bond motifs is 1. The molecule has 1 aliphatic heterocycles. The number of amides is 1. The Bertz CT molecular complexity index is 941. The fourth-order valence-corrected chi connectivity index (χ4v) is 4.33. The molecule has 2 aromatic carbocycles. The number of piperidine rings is 1. The topological polar surface area (TPSA) is 48.1 Å². The van der Waals surface area contributed by atoms with E-state index in [1.807, 2.05) is 0 Å². The summed E-state index contributed by atoms with van der Waals surface area (Å²) in [7, 11) is 0. The maximum absolute atomic E-state index is 12.4. The maximum Gasteiger partial charge on any atom is 0.238 e. The van der Waals surface area contributed by atoms with E-state index < -0.39 is 0 Å². The molecule has 4 rings (SSSR count). The molecule has 0 bridgehead atoms. The van der Waals surface area contributed by atoms with Gasteiger partial charge in [0.1, 0.15) is 0 Å². The van der Waals surface area contributed by atoms with Gasteiger partial charge in [-0.2, -0.15) is 0 Å². The van der Waals surface area contributed by atoms with Gasteiger partial charge in [0.15, 0.2) is 0 Å². The Kier molecular flexibility index (Phi) is 5.39. The summed E-state index contributed by atoms with van der Waals surface area (Å²) < 4.78 is 0. The Morgan fingerprint density at radius 3 is 2.52 bits per heavy atom. The summed E-state index contributed by atoms with van der Waals surface area (Å²) in [6.07, 6.45) is 4.22. The number of likely N-dealkylation sites (tertiary alicyclic amines) is 1. The monoisotopic (exact) mass is 401 g/mol. The Labute approximate surface area is 168 Å². The number of nitrogens with zero attached hydrogens (tertiary/aromatic N) is 1. The fraction of sp³-hybridized carbons (Fsp3) is 0.286. The zero-order valence-corrected chi connectivity index (χ0v) is 16.4. The van der Waals surface area contributed by atoms with E-state index in [0.29, 0.717) is 28.2 Å². The van der Waals surface area contributed by atoms with Crippen LogP contribution in [0.2, 0.25) is 10.0 Å². The van der Waals surface area contributed by atoms with Gasteiger partial charge in [0, 0.05) is 17.1 Å². The highest BCUT2D eigenvalue weighted by Gasteiger charge is 2.24. The van der Waals surface area contributed by atoms with E-state index in [2.05, 4.69) is 45.7 Å². The highest BCUT2D eigenvalue weighted by Crippen LogP contribution is 2.33. The number of rotatable bonds is 4. The second-order valence-corrected chi connectivity index (χ2v) is 7.80. The van der Waals surface area contributed by atoms with Crippen molar-refractivity contribution in [1.82, 2.24) is 9.88 Å². The molecule has 3 aromatic rings. The predicted octanol–water partition coefficient (Wildman–Crippen LogP) is 5.29. The van der Waals surface area contributed by atoms with Crippen LogP contribution in [-0.2, 0) is 4.79 Å². The minimum atomic E-state index is -0.0875. The summed E-state index contributed by atoms with van der Waals surface area (Å²) >= 11 is 12.2. The van der Waals surface area contributed by atoms with Crippen LogP contribution in [0.25, 0.3) is 10.9 Å². The van der Waals surface area contributed by atoms with Crippen molar-refractivity contribution in [3.05, 3.63) is 64.3 Å². The van der Waals surface area contributed by atoms with Gasteiger partial charge in [-0.3, -0.25) is 9.69 Å². The smallest absolute Gasteiger partial charge is 0.238 e. The van der Waals surface area contributed by atoms with Crippen LogP contribution in [0.1, 0.15) is 24.3 Å². The zero-order valence-electron chi connectivity index (χ0n) is 14.8. The highest BCUT2D eigenvalue weighted by atomic mass is 35.5. The average molecular weight is 402 g/mol. The normalized spacial score (nSPS) is 15.9. The molecule has 0 radical (unpaired) electrons. The predicted molar refractivity (Wildman–Crippen MR) is 112 cm³/mol. The quantitative estimate of drug-likeness (QED) is 0.623. The van der Waals surface area contributed by atoms with Crippen LogP contribution in [0.4, 0.5) is 5.69 Å². The van der Waals surface area contributed by atoms with Gasteiger partial charge in [-0.1, -0.05) is 47.5 Å². The molecule has 1 amide bonds. The molecule has 0 saturated carbocycles. The number of anilines is 1. The largest absolute Gasteiger partial charge is 0.361 e. The lowest BCUT2D eigenvalue weighted by Gasteiger charge is -2.31. The van der Waals surface area contributed by atoms with Crippen molar-refractivity contribution < 1.29 is 4.79 Å². The molecule has 27 heavy (non-hydrogen) atoms. The number of hydrogen-bond donors (Lipinski definition) is 2. The first kappa shape index (κ1) is 18.4. The molecule has 140 valence electrons. The number of aromatic amines is 1. The molecule has 1 aromatic heterocycles. The molecule has 0 aliphatic carbocycles. The Morgan fingerprint density at radius 2 is 1.78 bits per heavy atom. The van der Waals surface area contributed by atoms with Crippen molar-refractivity contribution in [2.45, 2.75) is 18.8 Å². The van der Waals surface area contributed by atoms with Crippen LogP contribution in [-0.4, -0.2) is 35.4 Å². The van der Waals surface area contributed by atoms with Crippen LogP contribution in [0, 0.1) is 0 Å². The van der Waals surface area contributed by atoms with Crippen molar-refractivity contribution in [3.63, 3.8) is 0 Å². The first-order chi connectivity index (χ1) is 13.1. The summed E-state index contributed by atoms with van der Waals surface area (Å²) in [6.45, 7) is 2.14. The van der Waals surface area contributed by atoms with Gasteiger partial charge < -0.3 is 10.3 Å². The number of H-pyrrole nitrogens is 1. The molecule has 0 atom stereocenters. The summed E-state index contributed by atoms with van der Waals surface area (Å²) in [5, 5.41) is 5.05. The molecule has 1 saturated heterocycles. The van der Waals surface area contributed by atoms with Gasteiger partial charge in [0.2, 0.25) is 5.91 Å². The van der Waals surface area contributed by atoms with Crippen LogP contribution in [0.5, 0.6) is 0 Å². The summed E-state index contributed by atoms with van der Waals surface area (Å²) in [4.78, 5) is 17.9. The van der Waals surface area contributed by atoms with Crippen molar-refractivity contribution >= 4 is 45.7 Å². The first-order valence-corrected chi connectivity index (χ1v) is 9.89. The lowest BCUT2D eigenvalue weighted by Crippen LogP contribution is -2.38. The van der Waals surface area contributed by atoms with Gasteiger partial charge in [0.05, 0.1) is 22.3 Å². The van der Waals surface area contributed by atoms with Crippen LogP contribution in [0.15, 0.2) is 48.7 Å². The van der Waals surface area contributed by atoms with E-state index in [0.717, 1.165) is 25.9 Å². The number of carbonyl (C=O) groups is 1. The van der Waals surface area contributed by atoms with Gasteiger partial charge >= 0.3 is 0 Å². The van der Waals surface area contributed by atoms with Gasteiger partial charge in [0.25, 0.3) is 0 Å². The molecule has 1 fully saturated rings. The Hall–Kier alpha value is -2.01. The maximum atomic E-state index is 12.4. The van der Waals surface area contributed by atoms with Crippen molar-refractivity contribution in [2.24, 2.45) is 0 Å². The number of halogens is 2. The van der Waals surface area contributed by atoms with E-state index >= 15 is 0 Å². The lowest BCUT2D eigenvalue weighted by atomic mass is 9.89. The van der Waals surface area contributed by atoms with E-state index in [-0.39, 0.29) is 5.91 Å². The van der Waals surface area contributed by atoms with Gasteiger partial charge in [-0.25, -0.2) is 0 Å². The third kappa shape index (κ3) is 3.98. The van der Waals surface area contributed by atoms with Gasteiger partial charge in [-0.05, 0) is 55.6 Å². The molecule has 6 heteroatoms. The van der Waals surface area contributed by atoms with Crippen LogP contribution < -0.4 is 5.32 Å². The standard InChI is InChI=1S/C21H21Cl2N3O/c22-17-5-3-6-18(23)21(17)25-20(27)13-26-10-8-14(9-11-26)16-12-24-19-7-2-1-4-15(16)19/h1-7,12,14,24H,8-11,13H2,(H,25,27). The fourth-order valence-electron chi connectivity index (χ4n) is 3.83. The molecule has 2 N–H and O–H groups in total. The van der Waals surface area contributed by atoms with Crippen molar-refractivity contribution in [1.29, 1.82) is 0 Å². The Balaban J connectivity index is 1.35. The van der Waals surface area contributed by atoms with Crippen LogP contribution in [0.3, 0.4) is 0 Å². The third-order valence-electron chi connectivity index (χ3n) is 5.24. The minimum absolute atomic E-state index is 0.0875. The average Bonchev–Trinajstić information content (AvgIpc) is 3.10. The first-order valence-electron chi connectivity index (χ1n) is 9.14. The van der Waals surface area contributed by atoms with E-state index in [1.165, 1.54) is 16.5 Å². The van der Waals surface area contributed by atoms with E-state index in [1.54, 1.807) is 18.2 Å². The molecule has 4 nitrogen and oxygen atoms in total. The lowest BCUT2D eigenvalue weighted by molar-refractivity contribution is -0.117. The molecule has 1 aliphatic rings. The molecular weight excluding hydrogens is 381 g/mol. The molecule has 2 heterocycles. The number of nitrogens with one attached hydrogen (secondary N) is 2.